The van der Waals surface area contributed by atoms with Gasteiger partial charge < -0.3 is 9.47 Å². The number of alkyl halides is 3. The fourth-order valence-electron chi connectivity index (χ4n) is 6.72. The average molecular weight is 565 g/mol. The zero-order valence-corrected chi connectivity index (χ0v) is 23.3. The lowest BCUT2D eigenvalue weighted by molar-refractivity contribution is -0.161. The van der Waals surface area contributed by atoms with Gasteiger partial charge in [-0.1, -0.05) is 61.5 Å². The first-order valence-electron chi connectivity index (χ1n) is 14.4. The molecule has 3 aromatic carbocycles. The number of rotatable bonds is 7. The molecule has 2 aliphatic carbocycles. The molecule has 0 radical (unpaired) electrons. The Kier molecular flexibility index (Phi) is 7.55. The predicted octanol–water partition coefficient (Wildman–Crippen LogP) is 6.74. The van der Waals surface area contributed by atoms with Gasteiger partial charge in [-0.2, -0.15) is 13.2 Å². The van der Waals surface area contributed by atoms with Crippen LogP contribution in [0.3, 0.4) is 0 Å². The minimum absolute atomic E-state index is 0.101. The third-order valence-corrected chi connectivity index (χ3v) is 8.70. The zero-order valence-electron chi connectivity index (χ0n) is 23.3. The third-order valence-electron chi connectivity index (χ3n) is 8.70. The van der Waals surface area contributed by atoms with E-state index in [2.05, 4.69) is 58.3 Å². The molecule has 1 aliphatic heterocycles. The molecule has 1 saturated heterocycles. The van der Waals surface area contributed by atoms with Gasteiger partial charge in [0.15, 0.2) is 12.3 Å². The van der Waals surface area contributed by atoms with E-state index in [-0.39, 0.29) is 11.8 Å². The molecule has 2 fully saturated rings. The standard InChI is InChI=1S/C33H35F3N2O3/c1-3-30(40-21(2)39)32(41-23-10-8-9-22(19-23)33(34,35)36)38-17-15-37(16-18-38)31-26-13-6-4-11-24(26)28-20-29(28)25-12-5-7-14-27(25)31/h4-14,19,28-32H,3,15-18,20H2,1-2H3/t28?,29?,30-,31?,32?/m0/s1. The number of ether oxygens (including phenoxy) is 2. The van der Waals surface area contributed by atoms with E-state index in [0.29, 0.717) is 31.3 Å². The molecule has 5 nitrogen and oxygen atoms in total. The van der Waals surface area contributed by atoms with Crippen LogP contribution in [0.1, 0.15) is 72.4 Å². The second-order valence-electron chi connectivity index (χ2n) is 11.3. The Bertz CT molecular complexity index is 1350. The number of hydrogen-bond acceptors (Lipinski definition) is 5. The van der Waals surface area contributed by atoms with Gasteiger partial charge in [0, 0.05) is 33.1 Å². The number of piperazine rings is 1. The SMILES string of the molecule is CC[C@H](OC(C)=O)C(Oc1cccc(C(F)(F)F)c1)N1CCN(C2c3ccccc3C3CC3c3ccccc32)CC1. The summed E-state index contributed by atoms with van der Waals surface area (Å²) in [5.41, 5.74) is 4.83. The molecular weight excluding hydrogens is 529 g/mol. The van der Waals surface area contributed by atoms with Crippen molar-refractivity contribution in [3.63, 3.8) is 0 Å². The fraction of sp³-hybridized carbons (Fsp3) is 0.424. The molecule has 4 atom stereocenters. The molecule has 41 heavy (non-hydrogen) atoms. The van der Waals surface area contributed by atoms with Crippen molar-refractivity contribution in [2.24, 2.45) is 0 Å². The van der Waals surface area contributed by atoms with E-state index in [1.54, 1.807) is 0 Å². The molecule has 0 amide bonds. The van der Waals surface area contributed by atoms with Crippen LogP contribution in [0.15, 0.2) is 72.8 Å². The van der Waals surface area contributed by atoms with Gasteiger partial charge in [0.25, 0.3) is 0 Å². The Morgan fingerprint density at radius 2 is 1.46 bits per heavy atom. The van der Waals surface area contributed by atoms with Gasteiger partial charge in [-0.3, -0.25) is 14.6 Å². The Balaban J connectivity index is 1.26. The molecular formula is C33H35F3N2O3. The van der Waals surface area contributed by atoms with Crippen molar-refractivity contribution >= 4 is 5.97 Å². The maximum Gasteiger partial charge on any atom is 0.416 e. The molecule has 0 spiro atoms. The van der Waals surface area contributed by atoms with Crippen molar-refractivity contribution in [1.82, 2.24) is 9.80 Å². The quantitative estimate of drug-likeness (QED) is 0.297. The van der Waals surface area contributed by atoms with E-state index in [1.807, 2.05) is 6.92 Å². The van der Waals surface area contributed by atoms with Crippen molar-refractivity contribution in [3.8, 4) is 5.75 Å². The van der Waals surface area contributed by atoms with Crippen LogP contribution in [0.2, 0.25) is 0 Å². The molecule has 8 heteroatoms. The van der Waals surface area contributed by atoms with E-state index in [4.69, 9.17) is 9.47 Å². The molecule has 3 aromatic rings. The van der Waals surface area contributed by atoms with Gasteiger partial charge in [0.2, 0.25) is 0 Å². The van der Waals surface area contributed by atoms with Gasteiger partial charge in [-0.25, -0.2) is 0 Å². The first-order valence-corrected chi connectivity index (χ1v) is 14.4. The summed E-state index contributed by atoms with van der Waals surface area (Å²) >= 11 is 0. The number of nitrogens with zero attached hydrogens (tertiary/aromatic N) is 2. The highest BCUT2D eigenvalue weighted by molar-refractivity contribution is 5.66. The van der Waals surface area contributed by atoms with Crippen molar-refractivity contribution in [2.75, 3.05) is 26.2 Å². The largest absolute Gasteiger partial charge is 0.471 e. The maximum absolute atomic E-state index is 13.4. The Hall–Kier alpha value is -3.36. The fourth-order valence-corrected chi connectivity index (χ4v) is 6.72. The van der Waals surface area contributed by atoms with Crippen LogP contribution in [0.25, 0.3) is 0 Å². The molecule has 3 aliphatic rings. The Labute approximate surface area is 238 Å². The molecule has 0 N–H and O–H groups in total. The van der Waals surface area contributed by atoms with Crippen LogP contribution >= 0.6 is 0 Å². The smallest absolute Gasteiger partial charge is 0.416 e. The van der Waals surface area contributed by atoms with Crippen LogP contribution in [-0.2, 0) is 15.7 Å². The van der Waals surface area contributed by atoms with Crippen molar-refractivity contribution in [2.45, 2.75) is 63.1 Å². The van der Waals surface area contributed by atoms with E-state index in [9.17, 15) is 18.0 Å². The van der Waals surface area contributed by atoms with Crippen LogP contribution in [0.4, 0.5) is 13.2 Å². The maximum atomic E-state index is 13.4. The van der Waals surface area contributed by atoms with Crippen LogP contribution < -0.4 is 4.74 Å². The highest BCUT2D eigenvalue weighted by Gasteiger charge is 2.47. The molecule has 216 valence electrons. The van der Waals surface area contributed by atoms with E-state index < -0.39 is 30.0 Å². The van der Waals surface area contributed by atoms with Gasteiger partial charge >= 0.3 is 12.1 Å². The second-order valence-corrected chi connectivity index (χ2v) is 11.3. The third kappa shape index (κ3) is 5.60. The Morgan fingerprint density at radius 1 is 0.878 bits per heavy atom. The predicted molar refractivity (Wildman–Crippen MR) is 150 cm³/mol. The van der Waals surface area contributed by atoms with Gasteiger partial charge in [0.05, 0.1) is 11.6 Å². The lowest BCUT2D eigenvalue weighted by Crippen LogP contribution is -2.57. The van der Waals surface area contributed by atoms with Gasteiger partial charge in [-0.05, 0) is 65.1 Å². The molecule has 0 aromatic heterocycles. The first kappa shape index (κ1) is 27.8. The lowest BCUT2D eigenvalue weighted by Gasteiger charge is -2.44. The minimum atomic E-state index is -4.48. The number of fused-ring (bicyclic) bond motifs is 5. The van der Waals surface area contributed by atoms with Crippen LogP contribution in [0, 0.1) is 0 Å². The summed E-state index contributed by atoms with van der Waals surface area (Å²) in [5, 5.41) is 0. The molecule has 6 rings (SSSR count). The normalized spacial score (nSPS) is 23.8. The summed E-state index contributed by atoms with van der Waals surface area (Å²) in [4.78, 5) is 16.5. The summed E-state index contributed by atoms with van der Waals surface area (Å²) in [6.07, 6.45) is -4.16. The number of hydrogen-bond donors (Lipinski definition) is 0. The second kappa shape index (κ2) is 11.1. The lowest BCUT2D eigenvalue weighted by atomic mass is 9.90. The Morgan fingerprint density at radius 3 is 2.00 bits per heavy atom. The number of halogens is 3. The number of benzene rings is 3. The van der Waals surface area contributed by atoms with E-state index >= 15 is 0 Å². The summed E-state index contributed by atoms with van der Waals surface area (Å²) in [5.74, 6) is 0.790. The van der Waals surface area contributed by atoms with Gasteiger partial charge in [0.1, 0.15) is 5.75 Å². The minimum Gasteiger partial charge on any atom is -0.471 e. The highest BCUT2D eigenvalue weighted by atomic mass is 19.4. The van der Waals surface area contributed by atoms with Crippen molar-refractivity contribution in [3.05, 3.63) is 101 Å². The molecule has 1 saturated carbocycles. The first-order chi connectivity index (χ1) is 19.7. The average Bonchev–Trinajstić information content (AvgIpc) is 3.77. The summed E-state index contributed by atoms with van der Waals surface area (Å²) < 4.78 is 52.0. The number of carbonyl (C=O) groups excluding carboxylic acids is 1. The number of carbonyl (C=O) groups is 1. The topological polar surface area (TPSA) is 42.0 Å². The summed E-state index contributed by atoms with van der Waals surface area (Å²) in [6.45, 7) is 5.94. The van der Waals surface area contributed by atoms with E-state index in [0.717, 1.165) is 25.2 Å². The number of esters is 1. The monoisotopic (exact) mass is 564 g/mol. The summed E-state index contributed by atoms with van der Waals surface area (Å²) in [7, 11) is 0. The van der Waals surface area contributed by atoms with Crippen LogP contribution in [0.5, 0.6) is 5.75 Å². The van der Waals surface area contributed by atoms with E-state index in [1.165, 1.54) is 47.7 Å². The van der Waals surface area contributed by atoms with Crippen molar-refractivity contribution < 1.29 is 27.4 Å². The van der Waals surface area contributed by atoms with Crippen molar-refractivity contribution in [1.29, 1.82) is 0 Å². The highest BCUT2D eigenvalue weighted by Crippen LogP contribution is 2.60. The molecule has 0 bridgehead atoms. The zero-order chi connectivity index (χ0) is 28.7. The molecule has 3 unspecified atom stereocenters. The van der Waals surface area contributed by atoms with Gasteiger partial charge in [-0.15, -0.1) is 0 Å². The summed E-state index contributed by atoms with van der Waals surface area (Å²) in [6, 6.07) is 22.6. The van der Waals surface area contributed by atoms with Crippen LogP contribution in [-0.4, -0.2) is 54.3 Å². The molecule has 1 heterocycles.